The molecule has 0 aliphatic heterocycles. The number of fused-ring (bicyclic) bond motifs is 11. The van der Waals surface area contributed by atoms with E-state index < -0.39 is 0 Å². The van der Waals surface area contributed by atoms with Crippen LogP contribution in [0.2, 0.25) is 0 Å². The van der Waals surface area contributed by atoms with Crippen LogP contribution >= 0.6 is 11.3 Å². The molecule has 0 saturated heterocycles. The summed E-state index contributed by atoms with van der Waals surface area (Å²) in [6, 6.07) is 33.9. The summed E-state index contributed by atoms with van der Waals surface area (Å²) in [6.45, 7) is 0. The molecule has 33 heavy (non-hydrogen) atoms. The van der Waals surface area contributed by atoms with Gasteiger partial charge in [-0.25, -0.2) is 4.98 Å². The van der Waals surface area contributed by atoms with Crippen molar-refractivity contribution in [3.63, 3.8) is 0 Å². The summed E-state index contributed by atoms with van der Waals surface area (Å²) in [4.78, 5) is 5.04. The maximum absolute atomic E-state index is 6.56. The van der Waals surface area contributed by atoms with E-state index in [4.69, 9.17) is 9.40 Å². The van der Waals surface area contributed by atoms with Gasteiger partial charge < -0.3 is 4.42 Å². The Morgan fingerprint density at radius 2 is 1.33 bits per heavy atom. The van der Waals surface area contributed by atoms with Crippen molar-refractivity contribution < 1.29 is 4.42 Å². The third-order valence-electron chi connectivity index (χ3n) is 6.62. The number of aromatic nitrogens is 2. The SMILES string of the molecule is c1ccc2sc(-n3c4ccccc4c4c5oc6ccccc6c5c5ccccc5c43)nc2c1. The molecule has 0 fully saturated rings. The van der Waals surface area contributed by atoms with Gasteiger partial charge in [-0.15, -0.1) is 0 Å². The van der Waals surface area contributed by atoms with Crippen LogP contribution in [0.5, 0.6) is 0 Å². The predicted octanol–water partition coefficient (Wildman–Crippen LogP) is 8.45. The van der Waals surface area contributed by atoms with Crippen LogP contribution < -0.4 is 0 Å². The zero-order valence-electron chi connectivity index (χ0n) is 17.4. The van der Waals surface area contributed by atoms with Crippen LogP contribution in [0.4, 0.5) is 0 Å². The van der Waals surface area contributed by atoms with E-state index >= 15 is 0 Å². The molecular weight excluding hydrogens is 424 g/mol. The van der Waals surface area contributed by atoms with Gasteiger partial charge in [-0.05, 0) is 29.7 Å². The molecule has 3 heterocycles. The van der Waals surface area contributed by atoms with Gasteiger partial charge in [-0.3, -0.25) is 4.57 Å². The average Bonchev–Trinajstić information content (AvgIpc) is 3.55. The van der Waals surface area contributed by atoms with Crippen molar-refractivity contribution in [3.8, 4) is 5.13 Å². The van der Waals surface area contributed by atoms with E-state index in [0.29, 0.717) is 0 Å². The highest BCUT2D eigenvalue weighted by Gasteiger charge is 2.23. The summed E-state index contributed by atoms with van der Waals surface area (Å²) in [6.07, 6.45) is 0. The van der Waals surface area contributed by atoms with Crippen LogP contribution in [-0.2, 0) is 0 Å². The molecule has 8 aromatic rings. The van der Waals surface area contributed by atoms with Gasteiger partial charge in [-0.1, -0.05) is 84.1 Å². The third-order valence-corrected chi connectivity index (χ3v) is 7.64. The van der Waals surface area contributed by atoms with E-state index in [2.05, 4.69) is 89.5 Å². The lowest BCUT2D eigenvalue weighted by molar-refractivity contribution is 0.673. The summed E-state index contributed by atoms with van der Waals surface area (Å²) < 4.78 is 10.1. The lowest BCUT2D eigenvalue weighted by Gasteiger charge is -2.07. The van der Waals surface area contributed by atoms with Crippen LogP contribution in [0.3, 0.4) is 0 Å². The normalized spacial score (nSPS) is 12.2. The van der Waals surface area contributed by atoms with Crippen molar-refractivity contribution in [2.45, 2.75) is 0 Å². The van der Waals surface area contributed by atoms with E-state index in [-0.39, 0.29) is 0 Å². The Labute approximate surface area is 192 Å². The molecule has 5 aromatic carbocycles. The van der Waals surface area contributed by atoms with Gasteiger partial charge in [0.1, 0.15) is 11.2 Å². The van der Waals surface area contributed by atoms with Crippen LogP contribution in [0.1, 0.15) is 0 Å². The van der Waals surface area contributed by atoms with Gasteiger partial charge in [0.25, 0.3) is 0 Å². The highest BCUT2D eigenvalue weighted by Crippen LogP contribution is 2.46. The lowest BCUT2D eigenvalue weighted by Crippen LogP contribution is -1.93. The summed E-state index contributed by atoms with van der Waals surface area (Å²) in [7, 11) is 0. The maximum Gasteiger partial charge on any atom is 0.195 e. The Bertz CT molecular complexity index is 2010. The molecule has 0 atom stereocenters. The third kappa shape index (κ3) is 2.21. The number of thiazole rings is 1. The molecule has 0 aliphatic carbocycles. The van der Waals surface area contributed by atoms with Crippen LogP contribution in [0.25, 0.3) is 69.9 Å². The minimum Gasteiger partial charge on any atom is -0.455 e. The number of furan rings is 1. The van der Waals surface area contributed by atoms with Crippen LogP contribution in [0, 0.1) is 0 Å². The Balaban J connectivity index is 1.70. The minimum absolute atomic E-state index is 0.918. The molecule has 0 spiro atoms. The monoisotopic (exact) mass is 440 g/mol. The molecule has 3 aromatic heterocycles. The van der Waals surface area contributed by atoms with E-state index in [1.165, 1.54) is 26.2 Å². The van der Waals surface area contributed by atoms with Crippen molar-refractivity contribution in [1.29, 1.82) is 0 Å². The quantitative estimate of drug-likeness (QED) is 0.256. The van der Waals surface area contributed by atoms with Crippen molar-refractivity contribution in [2.24, 2.45) is 0 Å². The Morgan fingerprint density at radius 1 is 0.636 bits per heavy atom. The molecule has 0 saturated carbocycles. The predicted molar refractivity (Wildman–Crippen MR) is 139 cm³/mol. The molecule has 0 unspecified atom stereocenters. The number of para-hydroxylation sites is 3. The van der Waals surface area contributed by atoms with Gasteiger partial charge in [0.15, 0.2) is 5.13 Å². The molecule has 0 amide bonds. The second-order valence-corrected chi connectivity index (χ2v) is 9.40. The standard InChI is InChI=1S/C29H16N2OS/c1-2-10-18-17(9-1)25-20-12-4-7-15-23(20)32-28(25)26-19-11-3-6-14-22(19)31(27(18)26)29-30-21-13-5-8-16-24(21)33-29/h1-16H. The van der Waals surface area contributed by atoms with Crippen LogP contribution in [-0.4, -0.2) is 9.55 Å². The zero-order chi connectivity index (χ0) is 21.5. The topological polar surface area (TPSA) is 31.0 Å². The number of benzene rings is 5. The van der Waals surface area contributed by atoms with Crippen molar-refractivity contribution >= 4 is 76.1 Å². The van der Waals surface area contributed by atoms with Gasteiger partial charge in [-0.2, -0.15) is 0 Å². The Kier molecular flexibility index (Phi) is 3.28. The second kappa shape index (κ2) is 6.21. The zero-order valence-corrected chi connectivity index (χ0v) is 18.3. The number of rotatable bonds is 1. The highest BCUT2D eigenvalue weighted by molar-refractivity contribution is 7.20. The molecule has 0 aliphatic rings. The summed E-state index contributed by atoms with van der Waals surface area (Å²) >= 11 is 1.72. The summed E-state index contributed by atoms with van der Waals surface area (Å²) in [5, 5.41) is 8.06. The molecule has 0 radical (unpaired) electrons. The van der Waals surface area contributed by atoms with E-state index in [1.807, 2.05) is 12.1 Å². The fourth-order valence-corrected chi connectivity index (χ4v) is 6.26. The van der Waals surface area contributed by atoms with E-state index in [0.717, 1.165) is 43.6 Å². The van der Waals surface area contributed by atoms with Crippen molar-refractivity contribution in [2.75, 3.05) is 0 Å². The number of hydrogen-bond acceptors (Lipinski definition) is 3. The minimum atomic E-state index is 0.918. The van der Waals surface area contributed by atoms with Crippen LogP contribution in [0.15, 0.2) is 101 Å². The first-order valence-corrected chi connectivity index (χ1v) is 11.8. The fraction of sp³-hybridized carbons (Fsp3) is 0. The number of nitrogens with zero attached hydrogens (tertiary/aromatic N) is 2. The molecule has 3 nitrogen and oxygen atoms in total. The molecule has 154 valence electrons. The first-order chi connectivity index (χ1) is 16.4. The average molecular weight is 441 g/mol. The molecule has 4 heteroatoms. The second-order valence-electron chi connectivity index (χ2n) is 8.39. The number of hydrogen-bond donors (Lipinski definition) is 0. The summed E-state index contributed by atoms with van der Waals surface area (Å²) in [5.41, 5.74) is 5.18. The fourth-order valence-electron chi connectivity index (χ4n) is 5.28. The van der Waals surface area contributed by atoms with Crippen molar-refractivity contribution in [1.82, 2.24) is 9.55 Å². The Hall–Kier alpha value is -4.15. The molecule has 8 rings (SSSR count). The summed E-state index contributed by atoms with van der Waals surface area (Å²) in [5.74, 6) is 0. The largest absolute Gasteiger partial charge is 0.455 e. The van der Waals surface area contributed by atoms with Crippen molar-refractivity contribution in [3.05, 3.63) is 97.1 Å². The first kappa shape index (κ1) is 17.4. The van der Waals surface area contributed by atoms with Gasteiger partial charge in [0.05, 0.1) is 26.6 Å². The Morgan fingerprint density at radius 3 is 2.21 bits per heavy atom. The molecular formula is C29H16N2OS. The highest BCUT2D eigenvalue weighted by atomic mass is 32.1. The molecule has 0 bridgehead atoms. The van der Waals surface area contributed by atoms with Gasteiger partial charge in [0.2, 0.25) is 0 Å². The smallest absolute Gasteiger partial charge is 0.195 e. The van der Waals surface area contributed by atoms with Gasteiger partial charge >= 0.3 is 0 Å². The molecule has 0 N–H and O–H groups in total. The van der Waals surface area contributed by atoms with E-state index in [9.17, 15) is 0 Å². The van der Waals surface area contributed by atoms with Gasteiger partial charge in [0, 0.05) is 21.5 Å². The maximum atomic E-state index is 6.56. The first-order valence-electron chi connectivity index (χ1n) is 11.0. The van der Waals surface area contributed by atoms with E-state index in [1.54, 1.807) is 11.3 Å². The lowest BCUT2D eigenvalue weighted by atomic mass is 9.99.